The van der Waals surface area contributed by atoms with Gasteiger partial charge in [0.2, 0.25) is 10.0 Å². The van der Waals surface area contributed by atoms with E-state index in [1.165, 1.54) is 30.6 Å². The van der Waals surface area contributed by atoms with Crippen molar-refractivity contribution < 1.29 is 12.8 Å². The number of nitrogens with zero attached hydrogens (tertiary/aromatic N) is 1. The fourth-order valence-electron chi connectivity index (χ4n) is 5.91. The van der Waals surface area contributed by atoms with Crippen LogP contribution in [0.1, 0.15) is 60.3 Å². The van der Waals surface area contributed by atoms with Crippen molar-refractivity contribution in [3.63, 3.8) is 0 Å². The van der Waals surface area contributed by atoms with E-state index in [0.29, 0.717) is 43.1 Å². The number of fused-ring (bicyclic) bond motifs is 1. The zero-order valence-electron chi connectivity index (χ0n) is 18.6. The highest BCUT2D eigenvalue weighted by molar-refractivity contribution is 7.90. The van der Waals surface area contributed by atoms with Crippen molar-refractivity contribution in [2.24, 2.45) is 11.1 Å². The Morgan fingerprint density at radius 1 is 1.09 bits per heavy atom. The van der Waals surface area contributed by atoms with Crippen molar-refractivity contribution in [1.82, 2.24) is 4.90 Å². The van der Waals surface area contributed by atoms with Crippen molar-refractivity contribution in [2.45, 2.75) is 62.0 Å². The van der Waals surface area contributed by atoms with Crippen LogP contribution in [0, 0.1) is 11.7 Å². The summed E-state index contributed by atoms with van der Waals surface area (Å²) < 4.78 is 38.5. The molecule has 1 aliphatic heterocycles. The van der Waals surface area contributed by atoms with Crippen LogP contribution in [0.15, 0.2) is 42.5 Å². The van der Waals surface area contributed by atoms with E-state index in [9.17, 15) is 8.42 Å². The van der Waals surface area contributed by atoms with E-state index in [0.717, 1.165) is 31.4 Å². The molecule has 5 rings (SSSR count). The van der Waals surface area contributed by atoms with Gasteiger partial charge in [-0.1, -0.05) is 42.8 Å². The Morgan fingerprint density at radius 3 is 2.44 bits per heavy atom. The second-order valence-corrected chi connectivity index (χ2v) is 12.1. The van der Waals surface area contributed by atoms with Gasteiger partial charge in [0.15, 0.2) is 0 Å². The van der Waals surface area contributed by atoms with Crippen molar-refractivity contribution in [3.8, 4) is 0 Å². The van der Waals surface area contributed by atoms with Crippen LogP contribution in [0.3, 0.4) is 0 Å². The minimum Gasteiger partial charge on any atom is -0.303 e. The van der Waals surface area contributed by atoms with Crippen LogP contribution in [-0.2, 0) is 29.3 Å². The highest BCUT2D eigenvalue weighted by atomic mass is 32.2. The summed E-state index contributed by atoms with van der Waals surface area (Å²) in [5.41, 5.74) is 4.34. The molecule has 2 aromatic carbocycles. The number of sulfonamides is 1. The van der Waals surface area contributed by atoms with Crippen LogP contribution in [0.5, 0.6) is 0 Å². The number of hydrogen-bond acceptors (Lipinski definition) is 3. The van der Waals surface area contributed by atoms with E-state index in [2.05, 4.69) is 29.2 Å². The highest BCUT2D eigenvalue weighted by Crippen LogP contribution is 2.44. The molecule has 2 fully saturated rings. The number of rotatable bonds is 8. The molecule has 2 N–H and O–H groups in total. The van der Waals surface area contributed by atoms with Crippen molar-refractivity contribution in [1.29, 1.82) is 0 Å². The summed E-state index contributed by atoms with van der Waals surface area (Å²) in [6, 6.07) is 14.3. The third kappa shape index (κ3) is 4.13. The van der Waals surface area contributed by atoms with E-state index in [1.807, 2.05) is 12.1 Å². The molecule has 1 saturated carbocycles. The van der Waals surface area contributed by atoms with E-state index in [-0.39, 0.29) is 5.82 Å². The van der Waals surface area contributed by atoms with Gasteiger partial charge >= 0.3 is 0 Å². The number of benzene rings is 2. The Kier molecular flexibility index (Phi) is 5.89. The fourth-order valence-corrected chi connectivity index (χ4v) is 7.16. The molecule has 0 radical (unpaired) electrons. The molecule has 172 valence electrons. The smallest absolute Gasteiger partial charge is 0.214 e. The Morgan fingerprint density at radius 2 is 1.84 bits per heavy atom. The average Bonchev–Trinajstić information content (AvgIpc) is 2.99. The minimum absolute atomic E-state index is 0.198. The molecular weight excluding hydrogens is 423 g/mol. The standard InChI is InChI=1S/C26H33FN2O2S/c27-25-17-21-15-22(18-29-12-5-13-29)23(14-19-6-2-1-3-7-19)24(21)16-20(25)8-11-26(9-4-10-26)32(28,30)31/h1-3,6-7,16-17,22-23H,4-5,8-15,18H2,(H2,28,30,31). The summed E-state index contributed by atoms with van der Waals surface area (Å²) in [5.74, 6) is 0.654. The predicted molar refractivity (Wildman–Crippen MR) is 126 cm³/mol. The maximum absolute atomic E-state index is 15.1. The lowest BCUT2D eigenvalue weighted by Crippen LogP contribution is -2.49. The monoisotopic (exact) mass is 456 g/mol. The molecule has 32 heavy (non-hydrogen) atoms. The first-order valence-corrected chi connectivity index (χ1v) is 13.5. The van der Waals surface area contributed by atoms with Crippen LogP contribution in [0.25, 0.3) is 0 Å². The van der Waals surface area contributed by atoms with Crippen LogP contribution in [0.4, 0.5) is 4.39 Å². The van der Waals surface area contributed by atoms with Crippen LogP contribution in [-0.4, -0.2) is 37.7 Å². The Hall–Kier alpha value is -1.76. The Bertz CT molecular complexity index is 1080. The summed E-state index contributed by atoms with van der Waals surface area (Å²) in [4.78, 5) is 2.51. The van der Waals surface area contributed by atoms with Gasteiger partial charge < -0.3 is 4.90 Å². The van der Waals surface area contributed by atoms with Gasteiger partial charge in [-0.05, 0) is 98.2 Å². The zero-order valence-corrected chi connectivity index (χ0v) is 19.4. The van der Waals surface area contributed by atoms with Gasteiger partial charge in [0.05, 0.1) is 4.75 Å². The molecule has 0 bridgehead atoms. The third-order valence-electron chi connectivity index (χ3n) is 8.22. The molecule has 4 nitrogen and oxygen atoms in total. The van der Waals surface area contributed by atoms with Crippen LogP contribution in [0.2, 0.25) is 0 Å². The third-order valence-corrected chi connectivity index (χ3v) is 10.0. The number of primary sulfonamides is 1. The zero-order chi connectivity index (χ0) is 22.3. The summed E-state index contributed by atoms with van der Waals surface area (Å²) in [6.45, 7) is 3.40. The maximum Gasteiger partial charge on any atom is 0.214 e. The normalized spacial score (nSPS) is 24.6. The summed E-state index contributed by atoms with van der Waals surface area (Å²) in [7, 11) is -3.62. The number of nitrogens with two attached hydrogens (primary N) is 1. The van der Waals surface area contributed by atoms with E-state index in [4.69, 9.17) is 5.14 Å². The van der Waals surface area contributed by atoms with Crippen molar-refractivity contribution in [2.75, 3.05) is 19.6 Å². The summed E-state index contributed by atoms with van der Waals surface area (Å²) in [5, 5.41) is 5.53. The molecule has 2 aromatic rings. The van der Waals surface area contributed by atoms with Crippen molar-refractivity contribution in [3.05, 3.63) is 70.5 Å². The summed E-state index contributed by atoms with van der Waals surface area (Å²) >= 11 is 0. The molecule has 0 spiro atoms. The van der Waals surface area contributed by atoms with Gasteiger partial charge in [-0.25, -0.2) is 17.9 Å². The Labute approximate surface area is 191 Å². The average molecular weight is 457 g/mol. The lowest BCUT2D eigenvalue weighted by molar-refractivity contribution is 0.145. The number of likely N-dealkylation sites (tertiary alicyclic amines) is 1. The van der Waals surface area contributed by atoms with Gasteiger partial charge in [0.25, 0.3) is 0 Å². The first-order chi connectivity index (χ1) is 15.3. The van der Waals surface area contributed by atoms with Crippen LogP contribution >= 0.6 is 0 Å². The first kappa shape index (κ1) is 22.1. The largest absolute Gasteiger partial charge is 0.303 e. The SMILES string of the molecule is NS(=O)(=O)C1(CCc2cc3c(cc2F)CC(CN2CCC2)C3Cc2ccccc2)CCC1. The van der Waals surface area contributed by atoms with Crippen molar-refractivity contribution >= 4 is 10.0 Å². The number of halogens is 1. The van der Waals surface area contributed by atoms with Gasteiger partial charge in [0.1, 0.15) is 5.82 Å². The second-order valence-electron chi connectivity index (χ2n) is 10.1. The second kappa shape index (κ2) is 8.54. The molecule has 6 heteroatoms. The Balaban J connectivity index is 1.41. The number of aryl methyl sites for hydroxylation is 1. The molecule has 0 amide bonds. The molecule has 1 saturated heterocycles. The lowest BCUT2D eigenvalue weighted by Gasteiger charge is -2.39. The first-order valence-electron chi connectivity index (χ1n) is 11.9. The topological polar surface area (TPSA) is 63.4 Å². The van der Waals surface area contributed by atoms with Gasteiger partial charge in [0, 0.05) is 6.54 Å². The predicted octanol–water partition coefficient (Wildman–Crippen LogP) is 4.17. The summed E-state index contributed by atoms with van der Waals surface area (Å²) in [6.07, 6.45) is 6.03. The molecule has 1 heterocycles. The van der Waals surface area contributed by atoms with Crippen LogP contribution < -0.4 is 5.14 Å². The minimum atomic E-state index is -3.62. The van der Waals surface area contributed by atoms with Gasteiger partial charge in [-0.3, -0.25) is 0 Å². The molecular formula is C26H33FN2O2S. The van der Waals surface area contributed by atoms with Gasteiger partial charge in [-0.15, -0.1) is 0 Å². The molecule has 2 unspecified atom stereocenters. The maximum atomic E-state index is 15.1. The quantitative estimate of drug-likeness (QED) is 0.648. The molecule has 2 aliphatic carbocycles. The van der Waals surface area contributed by atoms with Gasteiger partial charge in [-0.2, -0.15) is 0 Å². The lowest BCUT2D eigenvalue weighted by atomic mass is 9.79. The van der Waals surface area contributed by atoms with E-state index < -0.39 is 14.8 Å². The molecule has 3 aliphatic rings. The molecule has 0 aromatic heterocycles. The highest BCUT2D eigenvalue weighted by Gasteiger charge is 2.46. The molecule has 2 atom stereocenters. The fraction of sp³-hybridized carbons (Fsp3) is 0.538. The van der Waals surface area contributed by atoms with E-state index in [1.54, 1.807) is 6.07 Å². The van der Waals surface area contributed by atoms with E-state index >= 15 is 4.39 Å². The number of hydrogen-bond donors (Lipinski definition) is 1.